The van der Waals surface area contributed by atoms with E-state index in [0.717, 1.165) is 5.56 Å². The van der Waals surface area contributed by atoms with Gasteiger partial charge in [0.2, 0.25) is 11.8 Å². The number of rotatable bonds is 2. The quantitative estimate of drug-likeness (QED) is 0.841. The molecule has 5 nitrogen and oxygen atoms in total. The van der Waals surface area contributed by atoms with E-state index < -0.39 is 0 Å². The molecule has 0 unspecified atom stereocenters. The third kappa shape index (κ3) is 2.07. The van der Waals surface area contributed by atoms with Crippen LogP contribution in [0.1, 0.15) is 5.56 Å². The average Bonchev–Trinajstić information content (AvgIpc) is 2.30. The van der Waals surface area contributed by atoms with Crippen LogP contribution in [0.4, 0.5) is 5.95 Å². The second-order valence-electron chi connectivity index (χ2n) is 4.30. The highest BCUT2D eigenvalue weighted by molar-refractivity contribution is 5.70. The highest BCUT2D eigenvalue weighted by Crippen LogP contribution is 2.26. The predicted octanol–water partition coefficient (Wildman–Crippen LogP) is 1.52. The van der Waals surface area contributed by atoms with Gasteiger partial charge in [-0.25, -0.2) is 0 Å². The van der Waals surface area contributed by atoms with Crippen molar-refractivity contribution in [3.8, 4) is 17.0 Å². The number of nitrogens with one attached hydrogen (secondary N) is 1. The Balaban J connectivity index is 2.67. The van der Waals surface area contributed by atoms with E-state index in [9.17, 15) is 9.90 Å². The molecule has 0 atom stereocenters. The Labute approximate surface area is 105 Å². The second kappa shape index (κ2) is 4.52. The van der Waals surface area contributed by atoms with Gasteiger partial charge in [0.05, 0.1) is 0 Å². The van der Waals surface area contributed by atoms with Crippen LogP contribution in [-0.4, -0.2) is 29.2 Å². The number of aromatic hydroxyl groups is 1. The van der Waals surface area contributed by atoms with Gasteiger partial charge in [-0.1, -0.05) is 24.3 Å². The molecule has 1 heterocycles. The monoisotopic (exact) mass is 245 g/mol. The molecule has 94 valence electrons. The molecule has 18 heavy (non-hydrogen) atoms. The van der Waals surface area contributed by atoms with Crippen LogP contribution in [0.2, 0.25) is 0 Å². The summed E-state index contributed by atoms with van der Waals surface area (Å²) in [6.45, 7) is 1.88. The number of aromatic nitrogens is 2. The van der Waals surface area contributed by atoms with Gasteiger partial charge >= 0.3 is 0 Å². The van der Waals surface area contributed by atoms with Crippen LogP contribution < -0.4 is 10.5 Å². The van der Waals surface area contributed by atoms with Crippen LogP contribution in [0.5, 0.6) is 5.88 Å². The van der Waals surface area contributed by atoms with Crippen molar-refractivity contribution < 1.29 is 5.11 Å². The Morgan fingerprint density at radius 1 is 1.28 bits per heavy atom. The molecule has 2 N–H and O–H groups in total. The Hall–Kier alpha value is -2.30. The Kier molecular flexibility index (Phi) is 3.06. The normalized spacial score (nSPS) is 10.4. The third-order valence-corrected chi connectivity index (χ3v) is 2.73. The van der Waals surface area contributed by atoms with Crippen molar-refractivity contribution in [1.82, 2.24) is 9.97 Å². The lowest BCUT2D eigenvalue weighted by Crippen LogP contribution is -2.19. The fraction of sp³-hybridized carbons (Fsp3) is 0.231. The summed E-state index contributed by atoms with van der Waals surface area (Å²) >= 11 is 0. The summed E-state index contributed by atoms with van der Waals surface area (Å²) in [5, 5.41) is 9.94. The molecule has 2 aromatic rings. The van der Waals surface area contributed by atoms with Gasteiger partial charge in [0, 0.05) is 14.1 Å². The second-order valence-corrected chi connectivity index (χ2v) is 4.30. The van der Waals surface area contributed by atoms with E-state index in [1.165, 1.54) is 0 Å². The summed E-state index contributed by atoms with van der Waals surface area (Å²) < 4.78 is 0. The summed E-state index contributed by atoms with van der Waals surface area (Å²) in [7, 11) is 3.48. The Morgan fingerprint density at radius 2 is 1.94 bits per heavy atom. The van der Waals surface area contributed by atoms with Crippen molar-refractivity contribution >= 4 is 5.95 Å². The number of anilines is 1. The van der Waals surface area contributed by atoms with Gasteiger partial charge in [-0.15, -0.1) is 0 Å². The molecule has 0 saturated carbocycles. The van der Waals surface area contributed by atoms with Crippen LogP contribution >= 0.6 is 0 Å². The first kappa shape index (κ1) is 12.2. The standard InChI is InChI=1S/C13H15N3O2/c1-8-6-4-5-7-9(8)10-11(17)14-13(16(2)3)15-12(10)18/h4-7H,1-3H3,(H2,14,15,17,18). The maximum Gasteiger partial charge on any atom is 0.264 e. The van der Waals surface area contributed by atoms with Gasteiger partial charge in [0.1, 0.15) is 5.56 Å². The van der Waals surface area contributed by atoms with Gasteiger partial charge < -0.3 is 10.0 Å². The van der Waals surface area contributed by atoms with Gasteiger partial charge in [-0.3, -0.25) is 9.78 Å². The summed E-state index contributed by atoms with van der Waals surface area (Å²) in [6, 6.07) is 7.37. The molecular formula is C13H15N3O2. The van der Waals surface area contributed by atoms with Crippen LogP contribution in [-0.2, 0) is 0 Å². The highest BCUT2D eigenvalue weighted by Gasteiger charge is 2.15. The van der Waals surface area contributed by atoms with Crippen molar-refractivity contribution in [3.05, 3.63) is 40.2 Å². The van der Waals surface area contributed by atoms with Crippen molar-refractivity contribution in [2.75, 3.05) is 19.0 Å². The average molecular weight is 245 g/mol. The van der Waals surface area contributed by atoms with E-state index in [1.807, 2.05) is 25.1 Å². The third-order valence-electron chi connectivity index (χ3n) is 2.73. The maximum absolute atomic E-state index is 12.0. The lowest BCUT2D eigenvalue weighted by molar-refractivity contribution is 0.453. The van der Waals surface area contributed by atoms with Crippen molar-refractivity contribution in [2.45, 2.75) is 6.92 Å². The number of nitrogens with zero attached hydrogens (tertiary/aromatic N) is 2. The van der Waals surface area contributed by atoms with Crippen molar-refractivity contribution in [1.29, 1.82) is 0 Å². The number of hydrogen-bond donors (Lipinski definition) is 2. The highest BCUT2D eigenvalue weighted by atomic mass is 16.3. The molecule has 1 aromatic heterocycles. The van der Waals surface area contributed by atoms with E-state index in [2.05, 4.69) is 9.97 Å². The smallest absolute Gasteiger partial charge is 0.264 e. The van der Waals surface area contributed by atoms with Crippen LogP contribution in [0.15, 0.2) is 29.1 Å². The Morgan fingerprint density at radius 3 is 2.50 bits per heavy atom. The minimum Gasteiger partial charge on any atom is -0.493 e. The molecule has 0 spiro atoms. The molecule has 0 radical (unpaired) electrons. The first-order valence-electron chi connectivity index (χ1n) is 5.57. The molecular weight excluding hydrogens is 230 g/mol. The van der Waals surface area contributed by atoms with Crippen LogP contribution in [0.25, 0.3) is 11.1 Å². The Bertz CT molecular complexity index is 632. The first-order chi connectivity index (χ1) is 8.50. The molecule has 2 rings (SSSR count). The zero-order valence-corrected chi connectivity index (χ0v) is 10.6. The number of benzene rings is 1. The summed E-state index contributed by atoms with van der Waals surface area (Å²) in [6.07, 6.45) is 0. The number of aromatic amines is 1. The molecule has 0 amide bonds. The van der Waals surface area contributed by atoms with Gasteiger partial charge in [-0.2, -0.15) is 4.98 Å². The maximum atomic E-state index is 12.0. The van der Waals surface area contributed by atoms with Crippen LogP contribution in [0, 0.1) is 6.92 Å². The lowest BCUT2D eigenvalue weighted by atomic mass is 10.0. The molecule has 0 saturated heterocycles. The number of H-pyrrole nitrogens is 1. The summed E-state index contributed by atoms with van der Waals surface area (Å²) in [4.78, 5) is 20.3. The van der Waals surface area contributed by atoms with Gasteiger partial charge in [0.25, 0.3) is 5.56 Å². The largest absolute Gasteiger partial charge is 0.493 e. The SMILES string of the molecule is Cc1ccccc1-c1c(O)nc(N(C)C)[nH]c1=O. The van der Waals surface area contributed by atoms with E-state index in [4.69, 9.17) is 0 Å². The van der Waals surface area contributed by atoms with Crippen molar-refractivity contribution in [3.63, 3.8) is 0 Å². The van der Waals surface area contributed by atoms with Gasteiger partial charge in [0.15, 0.2) is 0 Å². The van der Waals surface area contributed by atoms with E-state index in [0.29, 0.717) is 11.5 Å². The van der Waals surface area contributed by atoms with Crippen LogP contribution in [0.3, 0.4) is 0 Å². The molecule has 0 fully saturated rings. The molecule has 5 heteroatoms. The topological polar surface area (TPSA) is 69.2 Å². The molecule has 1 aromatic carbocycles. The molecule has 0 bridgehead atoms. The minimum absolute atomic E-state index is 0.207. The summed E-state index contributed by atoms with van der Waals surface area (Å²) in [5.41, 5.74) is 1.46. The summed E-state index contributed by atoms with van der Waals surface area (Å²) in [5.74, 6) is 0.0755. The predicted molar refractivity (Wildman–Crippen MR) is 71.0 cm³/mol. The first-order valence-corrected chi connectivity index (χ1v) is 5.57. The fourth-order valence-electron chi connectivity index (χ4n) is 1.76. The molecule has 0 aliphatic heterocycles. The zero-order chi connectivity index (χ0) is 13.3. The molecule has 0 aliphatic rings. The van der Waals surface area contributed by atoms with E-state index in [-0.39, 0.29) is 17.0 Å². The molecule has 0 aliphatic carbocycles. The number of hydrogen-bond acceptors (Lipinski definition) is 4. The van der Waals surface area contributed by atoms with Gasteiger partial charge in [-0.05, 0) is 18.1 Å². The van der Waals surface area contributed by atoms with Crippen molar-refractivity contribution in [2.24, 2.45) is 0 Å². The minimum atomic E-state index is -0.347. The number of aryl methyl sites for hydroxylation is 1. The fourth-order valence-corrected chi connectivity index (χ4v) is 1.76. The lowest BCUT2D eigenvalue weighted by Gasteiger charge is -2.12. The van der Waals surface area contributed by atoms with E-state index in [1.54, 1.807) is 25.1 Å². The van der Waals surface area contributed by atoms with E-state index >= 15 is 0 Å². The zero-order valence-electron chi connectivity index (χ0n) is 10.6.